The highest BCUT2D eigenvalue weighted by atomic mass is 33.1. The number of carbonyl (C=O) groups excluding carboxylic acids is 4. The molecule has 0 N–H and O–H groups in total. The van der Waals surface area contributed by atoms with Crippen LogP contribution in [-0.4, -0.2) is 133 Å². The first kappa shape index (κ1) is 51.3. The van der Waals surface area contributed by atoms with Crippen LogP contribution in [0.3, 0.4) is 0 Å². The summed E-state index contributed by atoms with van der Waals surface area (Å²) in [7, 11) is 3.92. The number of unbranched alkanes of at least 4 members (excludes halogenated alkanes) is 1. The zero-order valence-electron chi connectivity index (χ0n) is 36.9. The molecular formula is C45H72O14S2. The molecule has 0 spiro atoms. The molecule has 14 nitrogen and oxygen atoms in total. The number of carbonyl (C=O) groups is 4. The van der Waals surface area contributed by atoms with E-state index in [0.717, 1.165) is 37.4 Å². The molecule has 16 heteroatoms. The smallest absolute Gasteiger partial charge is 0.463 e. The van der Waals surface area contributed by atoms with Gasteiger partial charge in [0.1, 0.15) is 31.5 Å². The van der Waals surface area contributed by atoms with E-state index in [1.165, 1.54) is 24.2 Å². The molecule has 61 heavy (non-hydrogen) atoms. The van der Waals surface area contributed by atoms with Gasteiger partial charge in [-0.05, 0) is 68.3 Å². The topological polar surface area (TPSA) is 161 Å². The third-order valence-corrected chi connectivity index (χ3v) is 14.5. The lowest BCUT2D eigenvalue weighted by molar-refractivity contribution is -0.163. The van der Waals surface area contributed by atoms with Gasteiger partial charge in [-0.15, -0.1) is 0 Å². The van der Waals surface area contributed by atoms with Crippen LogP contribution < -0.4 is 0 Å². The van der Waals surface area contributed by atoms with Gasteiger partial charge in [0.2, 0.25) is 0 Å². The molecule has 0 amide bonds. The Labute approximate surface area is 371 Å². The van der Waals surface area contributed by atoms with Crippen LogP contribution in [0.4, 0.5) is 4.79 Å². The maximum Gasteiger partial charge on any atom is 0.508 e. The Bertz CT molecular complexity index is 1360. The number of rotatable bonds is 30. The summed E-state index contributed by atoms with van der Waals surface area (Å²) < 4.78 is 55.2. The molecule has 0 saturated carbocycles. The van der Waals surface area contributed by atoms with Crippen LogP contribution in [0, 0.1) is 29.6 Å². The maximum atomic E-state index is 12.8. The second-order valence-electron chi connectivity index (χ2n) is 16.4. The molecule has 9 unspecified atom stereocenters. The van der Waals surface area contributed by atoms with E-state index in [4.69, 9.17) is 47.4 Å². The zero-order valence-corrected chi connectivity index (χ0v) is 38.6. The number of fused-ring (bicyclic) bond motifs is 1. The summed E-state index contributed by atoms with van der Waals surface area (Å²) in [6.07, 6.45) is 12.8. The molecule has 4 aliphatic rings. The van der Waals surface area contributed by atoms with Crippen molar-refractivity contribution in [1.29, 1.82) is 0 Å². The van der Waals surface area contributed by atoms with E-state index in [0.29, 0.717) is 84.6 Å². The number of allylic oxidation sites excluding steroid dienone is 3. The number of cyclic esters (lactones) is 1. The second-order valence-corrected chi connectivity index (χ2v) is 19.2. The molecular weight excluding hydrogens is 829 g/mol. The van der Waals surface area contributed by atoms with E-state index in [1.807, 2.05) is 35.4 Å². The normalized spacial score (nSPS) is 26.5. The fourth-order valence-electron chi connectivity index (χ4n) is 7.97. The van der Waals surface area contributed by atoms with Crippen molar-refractivity contribution in [3.63, 3.8) is 0 Å². The lowest BCUT2D eigenvalue weighted by Crippen LogP contribution is -2.42. The zero-order chi connectivity index (χ0) is 43.7. The first-order valence-electron chi connectivity index (χ1n) is 22.6. The fourth-order valence-corrected chi connectivity index (χ4v) is 11.0. The van der Waals surface area contributed by atoms with Crippen LogP contribution in [0.25, 0.3) is 0 Å². The van der Waals surface area contributed by atoms with Crippen LogP contribution in [0.15, 0.2) is 23.8 Å². The van der Waals surface area contributed by atoms with Crippen LogP contribution in [0.1, 0.15) is 98.3 Å². The molecule has 9 atom stereocenters. The third kappa shape index (κ3) is 20.4. The SMILES string of the molecule is CCC(C)C(=O)OC1CC(C)C=C2C=CC(C)C(CCC3CC(OC(=O)OCCOCCOCCOCCOCCOCCOC(=O)CCCCC4CCSS4)CC(=O)O3)C21. The van der Waals surface area contributed by atoms with Crippen molar-refractivity contribution in [3.8, 4) is 0 Å². The van der Waals surface area contributed by atoms with Crippen molar-refractivity contribution in [2.24, 2.45) is 29.6 Å². The van der Waals surface area contributed by atoms with Gasteiger partial charge in [0, 0.05) is 29.8 Å². The van der Waals surface area contributed by atoms with Crippen LogP contribution >= 0.6 is 21.6 Å². The summed E-state index contributed by atoms with van der Waals surface area (Å²) in [6.45, 7) is 12.3. The summed E-state index contributed by atoms with van der Waals surface area (Å²) in [5.74, 6) is 1.27. The van der Waals surface area contributed by atoms with Gasteiger partial charge in [0.15, 0.2) is 0 Å². The Balaban J connectivity index is 0.944. The number of esters is 3. The van der Waals surface area contributed by atoms with Gasteiger partial charge in [0.05, 0.1) is 78.4 Å². The number of ether oxygens (including phenoxy) is 10. The Morgan fingerprint density at radius 1 is 0.803 bits per heavy atom. The summed E-state index contributed by atoms with van der Waals surface area (Å²) in [6, 6.07) is 0. The highest BCUT2D eigenvalue weighted by molar-refractivity contribution is 8.77. The van der Waals surface area contributed by atoms with Gasteiger partial charge in [-0.3, -0.25) is 14.4 Å². The lowest BCUT2D eigenvalue weighted by atomic mass is 9.65. The average Bonchev–Trinajstić information content (AvgIpc) is 3.76. The summed E-state index contributed by atoms with van der Waals surface area (Å²) >= 11 is 0. The van der Waals surface area contributed by atoms with Crippen molar-refractivity contribution in [1.82, 2.24) is 0 Å². The monoisotopic (exact) mass is 900 g/mol. The molecule has 0 radical (unpaired) electrons. The maximum absolute atomic E-state index is 12.8. The van der Waals surface area contributed by atoms with E-state index in [9.17, 15) is 19.2 Å². The average molecular weight is 901 g/mol. The van der Waals surface area contributed by atoms with Gasteiger partial charge in [-0.25, -0.2) is 4.79 Å². The van der Waals surface area contributed by atoms with Crippen LogP contribution in [-0.2, 0) is 61.8 Å². The molecule has 2 heterocycles. The number of hydrogen-bond donors (Lipinski definition) is 0. The quantitative estimate of drug-likeness (QED) is 0.0298. The first-order valence-corrected chi connectivity index (χ1v) is 25.0. The van der Waals surface area contributed by atoms with Gasteiger partial charge >= 0.3 is 24.1 Å². The molecule has 0 aromatic rings. The highest BCUT2D eigenvalue weighted by Gasteiger charge is 2.42. The fraction of sp³-hybridized carbons (Fsp3) is 0.822. The predicted molar refractivity (Wildman–Crippen MR) is 233 cm³/mol. The van der Waals surface area contributed by atoms with Crippen molar-refractivity contribution in [2.75, 3.05) is 85.0 Å². The van der Waals surface area contributed by atoms with Crippen molar-refractivity contribution in [2.45, 2.75) is 122 Å². The molecule has 348 valence electrons. The van der Waals surface area contributed by atoms with E-state index in [-0.39, 0.29) is 74.1 Å². The number of hydrogen-bond acceptors (Lipinski definition) is 16. The summed E-state index contributed by atoms with van der Waals surface area (Å²) in [5, 5.41) is 0.748. The van der Waals surface area contributed by atoms with E-state index in [2.05, 4.69) is 32.1 Å². The van der Waals surface area contributed by atoms with Gasteiger partial charge in [-0.2, -0.15) is 0 Å². The van der Waals surface area contributed by atoms with Gasteiger partial charge < -0.3 is 47.4 Å². The minimum atomic E-state index is -0.845. The standard InChI is InChI=1S/C45H72O14S2/c1-5-33(3)44(48)59-40-29-32(2)28-35-11-10-34(4)39(43(35)40)13-12-36-30-37(31-42(47)57-36)58-45(49)56-26-24-54-22-20-52-18-16-50-15-17-51-19-21-53-23-25-55-41(46)9-7-6-8-38-14-27-60-61-38/h10-11,28,32-34,36-40,43H,5-9,12-27,29-31H2,1-4H3. The first-order chi connectivity index (χ1) is 29.6. The van der Waals surface area contributed by atoms with E-state index in [1.54, 1.807) is 0 Å². The van der Waals surface area contributed by atoms with Gasteiger partial charge in [0.25, 0.3) is 0 Å². The molecule has 2 fully saturated rings. The van der Waals surface area contributed by atoms with E-state index >= 15 is 0 Å². The minimum Gasteiger partial charge on any atom is -0.463 e. The van der Waals surface area contributed by atoms with Crippen molar-refractivity contribution < 1.29 is 66.5 Å². The van der Waals surface area contributed by atoms with Crippen LogP contribution in [0.5, 0.6) is 0 Å². The Kier molecular flexibility index (Phi) is 25.2. The molecule has 2 saturated heterocycles. The predicted octanol–water partition coefficient (Wildman–Crippen LogP) is 7.70. The summed E-state index contributed by atoms with van der Waals surface area (Å²) in [5.41, 5.74) is 1.22. The Morgan fingerprint density at radius 3 is 2.07 bits per heavy atom. The molecule has 2 aliphatic carbocycles. The molecule has 0 aromatic carbocycles. The summed E-state index contributed by atoms with van der Waals surface area (Å²) in [4.78, 5) is 49.6. The van der Waals surface area contributed by atoms with Crippen molar-refractivity contribution in [3.05, 3.63) is 23.8 Å². The largest absolute Gasteiger partial charge is 0.508 e. The van der Waals surface area contributed by atoms with E-state index < -0.39 is 18.2 Å². The third-order valence-electron chi connectivity index (χ3n) is 11.5. The molecule has 2 aliphatic heterocycles. The molecule has 0 bridgehead atoms. The minimum absolute atomic E-state index is 0.00596. The van der Waals surface area contributed by atoms with Crippen molar-refractivity contribution >= 4 is 45.7 Å². The molecule has 4 rings (SSSR count). The molecule has 0 aromatic heterocycles. The Morgan fingerprint density at radius 2 is 1.44 bits per heavy atom. The Hall–Kier alpha value is -2.34. The highest BCUT2D eigenvalue weighted by Crippen LogP contribution is 2.45. The van der Waals surface area contributed by atoms with Crippen LogP contribution in [0.2, 0.25) is 0 Å². The second kappa shape index (κ2) is 29.9. The van der Waals surface area contributed by atoms with Gasteiger partial charge in [-0.1, -0.05) is 73.9 Å². The lowest BCUT2D eigenvalue weighted by Gasteiger charge is -2.43.